The number of hydrogen-bond donors (Lipinski definition) is 0. The van der Waals surface area contributed by atoms with Crippen molar-refractivity contribution in [1.29, 1.82) is 0 Å². The minimum Gasteiger partial charge on any atom is -0.383 e. The van der Waals surface area contributed by atoms with Gasteiger partial charge in [-0.05, 0) is 43.9 Å². The molecule has 1 spiro atoms. The molecule has 0 aliphatic carbocycles. The van der Waals surface area contributed by atoms with E-state index in [1.807, 2.05) is 4.90 Å². The molecule has 3 heterocycles. The van der Waals surface area contributed by atoms with Gasteiger partial charge >= 0.3 is 0 Å². The molecular formula is C19H32N2O4. The van der Waals surface area contributed by atoms with Crippen molar-refractivity contribution < 1.29 is 19.1 Å². The summed E-state index contributed by atoms with van der Waals surface area (Å²) >= 11 is 0. The fourth-order valence-corrected chi connectivity index (χ4v) is 4.49. The first-order valence-electron chi connectivity index (χ1n) is 9.77. The monoisotopic (exact) mass is 352 g/mol. The highest BCUT2D eigenvalue weighted by Gasteiger charge is 2.39. The summed E-state index contributed by atoms with van der Waals surface area (Å²) in [5.41, 5.74) is 0.240. The van der Waals surface area contributed by atoms with Gasteiger partial charge in [-0.3, -0.25) is 9.59 Å². The molecule has 0 aromatic carbocycles. The Hall–Kier alpha value is -1.14. The number of carbonyl (C=O) groups is 2. The van der Waals surface area contributed by atoms with Crippen LogP contribution in [0.4, 0.5) is 0 Å². The summed E-state index contributed by atoms with van der Waals surface area (Å²) in [7, 11) is 1.68. The molecule has 3 aliphatic heterocycles. The Morgan fingerprint density at radius 2 is 1.84 bits per heavy atom. The molecule has 0 saturated carbocycles. The SMILES string of the molecule is COCCN1CCC2(CCC1=O)CCN(C(=O)C1CCOCC1)CC2. The lowest BCUT2D eigenvalue weighted by atomic mass is 9.72. The van der Waals surface area contributed by atoms with E-state index in [2.05, 4.69) is 4.90 Å². The number of amides is 2. The summed E-state index contributed by atoms with van der Waals surface area (Å²) in [6, 6.07) is 0. The van der Waals surface area contributed by atoms with Crippen molar-refractivity contribution in [1.82, 2.24) is 9.80 Å². The third-order valence-corrected chi connectivity index (χ3v) is 6.41. The second kappa shape index (κ2) is 8.49. The van der Waals surface area contributed by atoms with E-state index < -0.39 is 0 Å². The van der Waals surface area contributed by atoms with Crippen molar-refractivity contribution in [3.63, 3.8) is 0 Å². The van der Waals surface area contributed by atoms with Crippen molar-refractivity contribution in [2.75, 3.05) is 53.1 Å². The van der Waals surface area contributed by atoms with Gasteiger partial charge < -0.3 is 19.3 Å². The smallest absolute Gasteiger partial charge is 0.225 e. The minimum absolute atomic E-state index is 0.156. The molecule has 0 atom stereocenters. The van der Waals surface area contributed by atoms with Crippen LogP contribution >= 0.6 is 0 Å². The maximum atomic E-state index is 12.7. The number of nitrogens with zero attached hydrogens (tertiary/aromatic N) is 2. The van der Waals surface area contributed by atoms with Crippen LogP contribution < -0.4 is 0 Å². The average Bonchev–Trinajstić information content (AvgIpc) is 2.81. The Morgan fingerprint density at radius 1 is 1.16 bits per heavy atom. The maximum Gasteiger partial charge on any atom is 0.225 e. The zero-order valence-corrected chi connectivity index (χ0v) is 15.5. The van der Waals surface area contributed by atoms with Crippen LogP contribution in [-0.2, 0) is 19.1 Å². The number of hydrogen-bond acceptors (Lipinski definition) is 4. The van der Waals surface area contributed by atoms with Crippen molar-refractivity contribution in [2.24, 2.45) is 11.3 Å². The molecule has 3 aliphatic rings. The molecule has 0 aromatic rings. The summed E-state index contributed by atoms with van der Waals surface area (Å²) < 4.78 is 10.5. The van der Waals surface area contributed by atoms with E-state index in [0.717, 1.165) is 58.2 Å². The summed E-state index contributed by atoms with van der Waals surface area (Å²) in [6.45, 7) is 5.26. The first kappa shape index (κ1) is 18.6. The second-order valence-electron chi connectivity index (χ2n) is 7.84. The highest BCUT2D eigenvalue weighted by Crippen LogP contribution is 2.41. The molecule has 0 unspecified atom stereocenters. The third kappa shape index (κ3) is 4.53. The average molecular weight is 352 g/mol. The predicted molar refractivity (Wildman–Crippen MR) is 94.1 cm³/mol. The molecule has 3 rings (SSSR count). The van der Waals surface area contributed by atoms with Crippen LogP contribution in [-0.4, -0.2) is 74.7 Å². The zero-order chi connectivity index (χ0) is 17.7. The molecule has 3 saturated heterocycles. The van der Waals surface area contributed by atoms with E-state index in [-0.39, 0.29) is 17.2 Å². The molecule has 3 fully saturated rings. The van der Waals surface area contributed by atoms with E-state index in [4.69, 9.17) is 9.47 Å². The number of piperidine rings is 1. The fraction of sp³-hybridized carbons (Fsp3) is 0.895. The van der Waals surface area contributed by atoms with Gasteiger partial charge in [0.1, 0.15) is 0 Å². The lowest BCUT2D eigenvalue weighted by Crippen LogP contribution is -2.46. The van der Waals surface area contributed by atoms with Gasteiger partial charge in [-0.15, -0.1) is 0 Å². The molecule has 0 radical (unpaired) electrons. The molecular weight excluding hydrogens is 320 g/mol. The van der Waals surface area contributed by atoms with Gasteiger partial charge in [0.25, 0.3) is 0 Å². The standard InChI is InChI=1S/C19H32N2O4/c1-24-15-12-20-9-6-19(5-2-17(20)22)7-10-21(11-8-19)18(23)16-3-13-25-14-4-16/h16H,2-15H2,1H3. The van der Waals surface area contributed by atoms with Crippen LogP contribution in [0.25, 0.3) is 0 Å². The van der Waals surface area contributed by atoms with E-state index in [0.29, 0.717) is 38.7 Å². The zero-order valence-electron chi connectivity index (χ0n) is 15.5. The van der Waals surface area contributed by atoms with E-state index in [1.165, 1.54) is 0 Å². The van der Waals surface area contributed by atoms with Crippen LogP contribution in [0.3, 0.4) is 0 Å². The van der Waals surface area contributed by atoms with Crippen LogP contribution in [0.2, 0.25) is 0 Å². The Kier molecular flexibility index (Phi) is 6.34. The highest BCUT2D eigenvalue weighted by atomic mass is 16.5. The Bertz CT molecular complexity index is 468. The molecule has 0 N–H and O–H groups in total. The second-order valence-corrected chi connectivity index (χ2v) is 7.84. The van der Waals surface area contributed by atoms with Crippen LogP contribution in [0, 0.1) is 11.3 Å². The molecule has 0 bridgehead atoms. The van der Waals surface area contributed by atoms with E-state index >= 15 is 0 Å². The summed E-state index contributed by atoms with van der Waals surface area (Å²) in [5, 5.41) is 0. The quantitative estimate of drug-likeness (QED) is 0.772. The van der Waals surface area contributed by atoms with Crippen LogP contribution in [0.1, 0.15) is 44.9 Å². The van der Waals surface area contributed by atoms with Crippen molar-refractivity contribution >= 4 is 11.8 Å². The number of carbonyl (C=O) groups excluding carboxylic acids is 2. The Balaban J connectivity index is 1.52. The summed E-state index contributed by atoms with van der Waals surface area (Å²) in [5.74, 6) is 0.738. The maximum absolute atomic E-state index is 12.7. The van der Waals surface area contributed by atoms with Gasteiger partial charge in [0, 0.05) is 58.8 Å². The number of likely N-dealkylation sites (tertiary alicyclic amines) is 2. The van der Waals surface area contributed by atoms with Gasteiger partial charge in [0.2, 0.25) is 11.8 Å². The van der Waals surface area contributed by atoms with Gasteiger partial charge in [-0.1, -0.05) is 0 Å². The number of ether oxygens (including phenoxy) is 2. The lowest BCUT2D eigenvalue weighted by molar-refractivity contribution is -0.141. The molecule has 6 nitrogen and oxygen atoms in total. The Labute approximate surface area is 150 Å². The van der Waals surface area contributed by atoms with E-state index in [9.17, 15) is 9.59 Å². The first-order valence-corrected chi connectivity index (χ1v) is 9.77. The van der Waals surface area contributed by atoms with E-state index in [1.54, 1.807) is 7.11 Å². The van der Waals surface area contributed by atoms with Crippen LogP contribution in [0.5, 0.6) is 0 Å². The first-order chi connectivity index (χ1) is 12.1. The number of rotatable bonds is 4. The van der Waals surface area contributed by atoms with Crippen molar-refractivity contribution in [2.45, 2.75) is 44.9 Å². The highest BCUT2D eigenvalue weighted by molar-refractivity contribution is 5.79. The summed E-state index contributed by atoms with van der Waals surface area (Å²) in [6.07, 6.45) is 6.46. The Morgan fingerprint density at radius 3 is 2.52 bits per heavy atom. The topological polar surface area (TPSA) is 59.1 Å². The van der Waals surface area contributed by atoms with Gasteiger partial charge in [0.15, 0.2) is 0 Å². The molecule has 2 amide bonds. The molecule has 142 valence electrons. The number of methoxy groups -OCH3 is 1. The van der Waals surface area contributed by atoms with Crippen LogP contribution in [0.15, 0.2) is 0 Å². The van der Waals surface area contributed by atoms with Gasteiger partial charge in [-0.2, -0.15) is 0 Å². The fourth-order valence-electron chi connectivity index (χ4n) is 4.49. The van der Waals surface area contributed by atoms with Gasteiger partial charge in [-0.25, -0.2) is 0 Å². The third-order valence-electron chi connectivity index (χ3n) is 6.41. The van der Waals surface area contributed by atoms with Crippen molar-refractivity contribution in [3.8, 4) is 0 Å². The minimum atomic E-state index is 0.156. The normalized spacial score (nSPS) is 25.2. The molecule has 0 aromatic heterocycles. The largest absolute Gasteiger partial charge is 0.383 e. The lowest BCUT2D eigenvalue weighted by Gasteiger charge is -2.42. The summed E-state index contributed by atoms with van der Waals surface area (Å²) in [4.78, 5) is 29.1. The van der Waals surface area contributed by atoms with Gasteiger partial charge in [0.05, 0.1) is 6.61 Å². The molecule has 6 heteroatoms. The molecule has 25 heavy (non-hydrogen) atoms. The van der Waals surface area contributed by atoms with Crippen molar-refractivity contribution in [3.05, 3.63) is 0 Å². The predicted octanol–water partition coefficient (Wildman–Crippen LogP) is 1.68.